The van der Waals surface area contributed by atoms with Crippen LogP contribution in [0.15, 0.2) is 23.2 Å². The number of benzene rings is 1. The zero-order valence-electron chi connectivity index (χ0n) is 17.8. The van der Waals surface area contributed by atoms with Crippen LogP contribution in [0.25, 0.3) is 0 Å². The van der Waals surface area contributed by atoms with Crippen LogP contribution >= 0.6 is 24.0 Å². The van der Waals surface area contributed by atoms with Crippen LogP contribution in [0.5, 0.6) is 5.75 Å². The molecule has 0 aliphatic heterocycles. The van der Waals surface area contributed by atoms with Gasteiger partial charge in [-0.05, 0) is 39.3 Å². The molecule has 0 unspecified atom stereocenters. The Morgan fingerprint density at radius 3 is 2.54 bits per heavy atom. The van der Waals surface area contributed by atoms with E-state index >= 15 is 0 Å². The fraction of sp³-hybridized carbons (Fsp3) is 0.600. The van der Waals surface area contributed by atoms with Gasteiger partial charge in [-0.15, -0.1) is 24.0 Å². The van der Waals surface area contributed by atoms with E-state index in [4.69, 9.17) is 9.47 Å². The van der Waals surface area contributed by atoms with Crippen molar-refractivity contribution in [1.29, 1.82) is 0 Å². The van der Waals surface area contributed by atoms with Gasteiger partial charge in [0.1, 0.15) is 12.4 Å². The van der Waals surface area contributed by atoms with Crippen LogP contribution in [-0.2, 0) is 16.1 Å². The van der Waals surface area contributed by atoms with Crippen molar-refractivity contribution in [2.24, 2.45) is 10.4 Å². The molecule has 0 bridgehead atoms. The summed E-state index contributed by atoms with van der Waals surface area (Å²) in [6, 6.07) is 6.08. The van der Waals surface area contributed by atoms with Crippen LogP contribution < -0.4 is 20.7 Å². The number of aliphatic imine (C=N–C) groups is 1. The molecule has 0 saturated heterocycles. The van der Waals surface area contributed by atoms with Crippen molar-refractivity contribution in [2.45, 2.75) is 34.2 Å². The maximum atomic E-state index is 11.9. The van der Waals surface area contributed by atoms with Crippen molar-refractivity contribution >= 4 is 35.8 Å². The summed E-state index contributed by atoms with van der Waals surface area (Å²) in [5.74, 6) is 1.47. The van der Waals surface area contributed by atoms with E-state index in [2.05, 4.69) is 20.9 Å². The second kappa shape index (κ2) is 13.6. The maximum Gasteiger partial charge on any atom is 0.227 e. The summed E-state index contributed by atoms with van der Waals surface area (Å²) in [5, 5.41) is 9.15. The highest BCUT2D eigenvalue weighted by atomic mass is 127. The molecule has 1 aromatic rings. The first-order valence-electron chi connectivity index (χ1n) is 9.29. The topological polar surface area (TPSA) is 84.0 Å². The third-order valence-corrected chi connectivity index (χ3v) is 4.06. The molecule has 1 aromatic carbocycles. The average Bonchev–Trinajstić information content (AvgIpc) is 2.64. The Hall–Kier alpha value is -1.55. The molecule has 28 heavy (non-hydrogen) atoms. The number of hydrogen-bond acceptors (Lipinski definition) is 4. The van der Waals surface area contributed by atoms with Crippen molar-refractivity contribution in [3.63, 3.8) is 0 Å². The van der Waals surface area contributed by atoms with Crippen molar-refractivity contribution < 1.29 is 14.3 Å². The first-order valence-corrected chi connectivity index (χ1v) is 9.29. The van der Waals surface area contributed by atoms with E-state index in [1.165, 1.54) is 0 Å². The molecule has 8 heteroatoms. The third-order valence-electron chi connectivity index (χ3n) is 4.06. The van der Waals surface area contributed by atoms with Gasteiger partial charge in [-0.3, -0.25) is 4.79 Å². The summed E-state index contributed by atoms with van der Waals surface area (Å²) in [5.41, 5.74) is 1.59. The van der Waals surface area contributed by atoms with Crippen molar-refractivity contribution in [3.8, 4) is 5.75 Å². The van der Waals surface area contributed by atoms with Crippen LogP contribution in [0.2, 0.25) is 0 Å². The van der Waals surface area contributed by atoms with E-state index in [0.717, 1.165) is 23.4 Å². The maximum absolute atomic E-state index is 11.9. The second-order valence-corrected chi connectivity index (χ2v) is 6.96. The van der Waals surface area contributed by atoms with E-state index in [1.54, 1.807) is 14.2 Å². The summed E-state index contributed by atoms with van der Waals surface area (Å²) in [6.45, 7) is 10.5. The molecule has 0 fully saturated rings. The standard InChI is InChI=1S/C20H34N4O3.HI/c1-7-22-19(24-14-20(3,4)18(25)21-5)23-13-16-9-8-15(2)12-17(16)27-11-10-26-6;/h8-9,12H,7,10-11,13-14H2,1-6H3,(H,21,25)(H2,22,23,24);1H. The minimum Gasteiger partial charge on any atom is -0.491 e. The SMILES string of the molecule is CCNC(=NCc1ccc(C)cc1OCCOC)NCC(C)(C)C(=O)NC.I. The smallest absolute Gasteiger partial charge is 0.227 e. The first-order chi connectivity index (χ1) is 12.8. The van der Waals surface area contributed by atoms with Gasteiger partial charge in [0.15, 0.2) is 5.96 Å². The normalized spacial score (nSPS) is 11.4. The lowest BCUT2D eigenvalue weighted by Gasteiger charge is -2.24. The number of hydrogen-bond donors (Lipinski definition) is 3. The highest BCUT2D eigenvalue weighted by molar-refractivity contribution is 14.0. The van der Waals surface area contributed by atoms with Gasteiger partial charge in [-0.25, -0.2) is 4.99 Å². The second-order valence-electron chi connectivity index (χ2n) is 6.96. The average molecular weight is 506 g/mol. The molecule has 0 atom stereocenters. The lowest BCUT2D eigenvalue weighted by atomic mass is 9.92. The Kier molecular flexibility index (Phi) is 12.8. The molecule has 0 aliphatic carbocycles. The van der Waals surface area contributed by atoms with Crippen LogP contribution in [0.3, 0.4) is 0 Å². The Morgan fingerprint density at radius 1 is 1.21 bits per heavy atom. The largest absolute Gasteiger partial charge is 0.491 e. The molecule has 0 aliphatic rings. The van der Waals surface area contributed by atoms with Gasteiger partial charge in [-0.1, -0.05) is 12.1 Å². The molecule has 0 radical (unpaired) electrons. The molecule has 0 heterocycles. The molecular weight excluding hydrogens is 471 g/mol. The summed E-state index contributed by atoms with van der Waals surface area (Å²) < 4.78 is 10.9. The van der Waals surface area contributed by atoms with E-state index in [9.17, 15) is 4.79 Å². The molecule has 1 amide bonds. The third kappa shape index (κ3) is 9.09. The quantitative estimate of drug-likeness (QED) is 0.197. The monoisotopic (exact) mass is 506 g/mol. The fourth-order valence-electron chi connectivity index (χ4n) is 2.39. The predicted octanol–water partition coefficient (Wildman–Crippen LogP) is 2.47. The summed E-state index contributed by atoms with van der Waals surface area (Å²) >= 11 is 0. The molecule has 0 spiro atoms. The van der Waals surface area contributed by atoms with Gasteiger partial charge in [0.25, 0.3) is 0 Å². The Morgan fingerprint density at radius 2 is 1.93 bits per heavy atom. The Bertz CT molecular complexity index is 636. The lowest BCUT2D eigenvalue weighted by molar-refractivity contribution is -0.128. The van der Waals surface area contributed by atoms with Crippen LogP contribution in [-0.4, -0.2) is 52.3 Å². The number of carbonyl (C=O) groups is 1. The van der Waals surface area contributed by atoms with E-state index in [0.29, 0.717) is 32.3 Å². The number of aryl methyl sites for hydroxylation is 1. The number of carbonyl (C=O) groups excluding carboxylic acids is 1. The summed E-state index contributed by atoms with van der Waals surface area (Å²) in [4.78, 5) is 16.6. The number of nitrogens with zero attached hydrogens (tertiary/aromatic N) is 1. The van der Waals surface area contributed by atoms with Crippen molar-refractivity contribution in [1.82, 2.24) is 16.0 Å². The van der Waals surface area contributed by atoms with E-state index in [1.807, 2.05) is 45.9 Å². The van der Waals surface area contributed by atoms with E-state index < -0.39 is 5.41 Å². The molecule has 160 valence electrons. The minimum absolute atomic E-state index is 0. The Balaban J connectivity index is 0.00000729. The minimum atomic E-state index is -0.538. The zero-order valence-corrected chi connectivity index (χ0v) is 20.2. The molecule has 1 rings (SSSR count). The summed E-state index contributed by atoms with van der Waals surface area (Å²) in [7, 11) is 3.30. The number of amides is 1. The molecule has 7 nitrogen and oxygen atoms in total. The molecule has 3 N–H and O–H groups in total. The van der Waals surface area contributed by atoms with Crippen LogP contribution in [0, 0.1) is 12.3 Å². The van der Waals surface area contributed by atoms with Gasteiger partial charge >= 0.3 is 0 Å². The number of nitrogens with one attached hydrogen (secondary N) is 3. The van der Waals surface area contributed by atoms with Gasteiger partial charge in [0, 0.05) is 32.8 Å². The highest BCUT2D eigenvalue weighted by Gasteiger charge is 2.26. The molecular formula is C20H35IN4O3. The number of halogens is 1. The van der Waals surface area contributed by atoms with E-state index in [-0.39, 0.29) is 29.9 Å². The van der Waals surface area contributed by atoms with Crippen LogP contribution in [0.1, 0.15) is 31.9 Å². The molecule has 0 saturated carbocycles. The lowest BCUT2D eigenvalue weighted by Crippen LogP contribution is -2.47. The Labute approximate surface area is 186 Å². The number of methoxy groups -OCH3 is 1. The number of guanidine groups is 1. The fourth-order valence-corrected chi connectivity index (χ4v) is 2.39. The predicted molar refractivity (Wildman–Crippen MR) is 125 cm³/mol. The van der Waals surface area contributed by atoms with Crippen LogP contribution in [0.4, 0.5) is 0 Å². The highest BCUT2D eigenvalue weighted by Crippen LogP contribution is 2.21. The van der Waals surface area contributed by atoms with Gasteiger partial charge < -0.3 is 25.4 Å². The summed E-state index contributed by atoms with van der Waals surface area (Å²) in [6.07, 6.45) is 0. The number of rotatable bonds is 10. The van der Waals surface area contributed by atoms with Gasteiger partial charge in [0.05, 0.1) is 18.6 Å². The zero-order chi connectivity index (χ0) is 20.3. The van der Waals surface area contributed by atoms with Crippen molar-refractivity contribution in [3.05, 3.63) is 29.3 Å². The van der Waals surface area contributed by atoms with Gasteiger partial charge in [0.2, 0.25) is 5.91 Å². The molecule has 0 aromatic heterocycles. The number of ether oxygens (including phenoxy) is 2. The van der Waals surface area contributed by atoms with Crippen molar-refractivity contribution in [2.75, 3.05) is 40.5 Å². The van der Waals surface area contributed by atoms with Gasteiger partial charge in [-0.2, -0.15) is 0 Å². The first kappa shape index (κ1) is 26.4.